The van der Waals surface area contributed by atoms with Gasteiger partial charge < -0.3 is 15.4 Å². The average molecular weight is 304 g/mol. The molecule has 0 aromatic carbocycles. The van der Waals surface area contributed by atoms with Crippen molar-refractivity contribution in [2.24, 2.45) is 0 Å². The highest BCUT2D eigenvalue weighted by Crippen LogP contribution is 2.21. The summed E-state index contributed by atoms with van der Waals surface area (Å²) >= 11 is 0. The van der Waals surface area contributed by atoms with Gasteiger partial charge in [-0.2, -0.15) is 0 Å². The quantitative estimate of drug-likeness (QED) is 0.777. The van der Waals surface area contributed by atoms with Crippen molar-refractivity contribution < 1.29 is 14.3 Å². The number of aromatic nitrogens is 2. The van der Waals surface area contributed by atoms with Crippen LogP contribution in [-0.4, -0.2) is 40.9 Å². The van der Waals surface area contributed by atoms with Gasteiger partial charge in [-0.1, -0.05) is 0 Å². The fourth-order valence-electron chi connectivity index (χ4n) is 2.20. The van der Waals surface area contributed by atoms with Crippen molar-refractivity contribution in [1.29, 1.82) is 0 Å². The SMILES string of the molecule is CCOc1cccn2c(C(=O)NCCNC(C)=O)c(C)nc12. The van der Waals surface area contributed by atoms with Crippen LogP contribution in [0.1, 0.15) is 30.0 Å². The summed E-state index contributed by atoms with van der Waals surface area (Å²) in [5.41, 5.74) is 1.72. The number of hydrogen-bond acceptors (Lipinski definition) is 4. The van der Waals surface area contributed by atoms with E-state index in [2.05, 4.69) is 15.6 Å². The molecule has 0 bridgehead atoms. The Hall–Kier alpha value is -2.57. The maximum absolute atomic E-state index is 12.3. The summed E-state index contributed by atoms with van der Waals surface area (Å²) in [4.78, 5) is 27.5. The zero-order chi connectivity index (χ0) is 16.1. The molecule has 2 amide bonds. The second-order valence-electron chi connectivity index (χ2n) is 4.78. The maximum Gasteiger partial charge on any atom is 0.270 e. The number of fused-ring (bicyclic) bond motifs is 1. The molecule has 2 rings (SSSR count). The Morgan fingerprint density at radius 1 is 1.32 bits per heavy atom. The largest absolute Gasteiger partial charge is 0.490 e. The molecular formula is C15H20N4O3. The van der Waals surface area contributed by atoms with E-state index in [0.29, 0.717) is 42.5 Å². The predicted octanol–water partition coefficient (Wildman–Crippen LogP) is 0.907. The third kappa shape index (κ3) is 3.36. The molecule has 0 radical (unpaired) electrons. The van der Waals surface area contributed by atoms with Crippen molar-refractivity contribution >= 4 is 17.5 Å². The van der Waals surface area contributed by atoms with Crippen LogP contribution in [-0.2, 0) is 4.79 Å². The van der Waals surface area contributed by atoms with E-state index in [-0.39, 0.29) is 11.8 Å². The van der Waals surface area contributed by atoms with Gasteiger partial charge in [0.15, 0.2) is 11.4 Å². The van der Waals surface area contributed by atoms with Crippen molar-refractivity contribution in [3.63, 3.8) is 0 Å². The Morgan fingerprint density at radius 2 is 2.05 bits per heavy atom. The van der Waals surface area contributed by atoms with Crippen LogP contribution in [0.4, 0.5) is 0 Å². The lowest BCUT2D eigenvalue weighted by atomic mass is 10.3. The summed E-state index contributed by atoms with van der Waals surface area (Å²) in [5.74, 6) is 0.288. The molecule has 0 aliphatic carbocycles. The lowest BCUT2D eigenvalue weighted by Crippen LogP contribution is -2.34. The Bertz CT molecular complexity index is 693. The fraction of sp³-hybridized carbons (Fsp3) is 0.400. The molecule has 0 unspecified atom stereocenters. The van der Waals surface area contributed by atoms with E-state index < -0.39 is 0 Å². The van der Waals surface area contributed by atoms with Gasteiger partial charge in [0.1, 0.15) is 5.69 Å². The molecule has 2 heterocycles. The lowest BCUT2D eigenvalue weighted by molar-refractivity contribution is -0.118. The molecule has 2 aromatic rings. The number of nitrogens with one attached hydrogen (secondary N) is 2. The van der Waals surface area contributed by atoms with E-state index in [1.54, 1.807) is 17.5 Å². The first-order valence-corrected chi connectivity index (χ1v) is 7.17. The molecule has 0 saturated carbocycles. The topological polar surface area (TPSA) is 84.7 Å². The van der Waals surface area contributed by atoms with Gasteiger partial charge in [-0.25, -0.2) is 4.98 Å². The molecule has 7 heteroatoms. The van der Waals surface area contributed by atoms with Gasteiger partial charge in [0.05, 0.1) is 12.3 Å². The standard InChI is InChI=1S/C15H20N4O3/c1-4-22-12-6-5-9-19-13(10(2)18-14(12)19)15(21)17-8-7-16-11(3)20/h5-6,9H,4,7-8H2,1-3H3,(H,16,20)(H,17,21). The summed E-state index contributed by atoms with van der Waals surface area (Å²) < 4.78 is 7.25. The van der Waals surface area contributed by atoms with Crippen molar-refractivity contribution in [3.05, 3.63) is 29.7 Å². The minimum Gasteiger partial charge on any atom is -0.490 e. The van der Waals surface area contributed by atoms with Crippen LogP contribution < -0.4 is 15.4 Å². The highest BCUT2D eigenvalue weighted by Gasteiger charge is 2.18. The number of amides is 2. The van der Waals surface area contributed by atoms with Crippen LogP contribution >= 0.6 is 0 Å². The number of pyridine rings is 1. The van der Waals surface area contributed by atoms with Gasteiger partial charge in [-0.05, 0) is 26.0 Å². The fourth-order valence-corrected chi connectivity index (χ4v) is 2.20. The molecule has 0 aliphatic heterocycles. The normalized spacial score (nSPS) is 10.5. The van der Waals surface area contributed by atoms with Crippen LogP contribution in [0.15, 0.2) is 18.3 Å². The van der Waals surface area contributed by atoms with Crippen LogP contribution in [0, 0.1) is 6.92 Å². The van der Waals surface area contributed by atoms with Crippen molar-refractivity contribution in [2.45, 2.75) is 20.8 Å². The molecule has 0 spiro atoms. The summed E-state index contributed by atoms with van der Waals surface area (Å²) in [7, 11) is 0. The van der Waals surface area contributed by atoms with E-state index >= 15 is 0 Å². The Morgan fingerprint density at radius 3 is 2.73 bits per heavy atom. The van der Waals surface area contributed by atoms with Gasteiger partial charge >= 0.3 is 0 Å². The molecule has 22 heavy (non-hydrogen) atoms. The minimum atomic E-state index is -0.232. The van der Waals surface area contributed by atoms with Crippen LogP contribution in [0.5, 0.6) is 5.75 Å². The lowest BCUT2D eigenvalue weighted by Gasteiger charge is -2.07. The van der Waals surface area contributed by atoms with E-state index in [4.69, 9.17) is 4.74 Å². The minimum absolute atomic E-state index is 0.124. The average Bonchev–Trinajstić information content (AvgIpc) is 2.81. The number of imidazole rings is 1. The van der Waals surface area contributed by atoms with E-state index in [1.165, 1.54) is 6.92 Å². The molecular weight excluding hydrogens is 284 g/mol. The Labute approximate surface area is 128 Å². The van der Waals surface area contributed by atoms with Crippen molar-refractivity contribution in [3.8, 4) is 5.75 Å². The Balaban J connectivity index is 2.20. The molecule has 7 nitrogen and oxygen atoms in total. The third-order valence-electron chi connectivity index (χ3n) is 3.09. The smallest absolute Gasteiger partial charge is 0.270 e. The van der Waals surface area contributed by atoms with E-state index in [0.717, 1.165) is 0 Å². The maximum atomic E-state index is 12.3. The zero-order valence-corrected chi connectivity index (χ0v) is 13.0. The second-order valence-corrected chi connectivity index (χ2v) is 4.78. The summed E-state index contributed by atoms with van der Waals surface area (Å²) in [6.07, 6.45) is 1.78. The first-order valence-electron chi connectivity index (χ1n) is 7.17. The number of hydrogen-bond donors (Lipinski definition) is 2. The van der Waals surface area contributed by atoms with Gasteiger partial charge in [-0.3, -0.25) is 14.0 Å². The molecule has 2 aromatic heterocycles. The molecule has 0 aliphatic rings. The highest BCUT2D eigenvalue weighted by molar-refractivity contribution is 5.95. The first-order chi connectivity index (χ1) is 10.5. The van der Waals surface area contributed by atoms with Gasteiger partial charge in [0.25, 0.3) is 5.91 Å². The number of carbonyl (C=O) groups is 2. The van der Waals surface area contributed by atoms with E-state index in [1.807, 2.05) is 19.1 Å². The third-order valence-corrected chi connectivity index (χ3v) is 3.09. The van der Waals surface area contributed by atoms with Crippen molar-refractivity contribution in [2.75, 3.05) is 19.7 Å². The van der Waals surface area contributed by atoms with Crippen molar-refractivity contribution in [1.82, 2.24) is 20.0 Å². The number of nitrogens with zero attached hydrogens (tertiary/aromatic N) is 2. The first kappa shape index (κ1) is 15.8. The summed E-state index contributed by atoms with van der Waals surface area (Å²) in [5, 5.41) is 5.40. The molecule has 0 atom stereocenters. The Kier molecular flexibility index (Phi) is 4.98. The number of rotatable bonds is 6. The van der Waals surface area contributed by atoms with Gasteiger partial charge in [0, 0.05) is 26.2 Å². The summed E-state index contributed by atoms with van der Waals surface area (Å²) in [6, 6.07) is 3.64. The second kappa shape index (κ2) is 6.93. The number of ether oxygens (including phenoxy) is 1. The highest BCUT2D eigenvalue weighted by atomic mass is 16.5. The summed E-state index contributed by atoms with van der Waals surface area (Å²) in [6.45, 7) is 6.40. The molecule has 0 fully saturated rings. The number of aryl methyl sites for hydroxylation is 1. The zero-order valence-electron chi connectivity index (χ0n) is 13.0. The van der Waals surface area contributed by atoms with Crippen LogP contribution in [0.25, 0.3) is 5.65 Å². The van der Waals surface area contributed by atoms with E-state index in [9.17, 15) is 9.59 Å². The molecule has 118 valence electrons. The van der Waals surface area contributed by atoms with Gasteiger partial charge in [0.2, 0.25) is 5.91 Å². The van der Waals surface area contributed by atoms with Crippen LogP contribution in [0.3, 0.4) is 0 Å². The van der Waals surface area contributed by atoms with Gasteiger partial charge in [-0.15, -0.1) is 0 Å². The predicted molar refractivity (Wildman–Crippen MR) is 82.1 cm³/mol. The number of carbonyl (C=O) groups excluding carboxylic acids is 2. The molecule has 2 N–H and O–H groups in total. The van der Waals surface area contributed by atoms with Crippen LogP contribution in [0.2, 0.25) is 0 Å². The monoisotopic (exact) mass is 304 g/mol. The molecule has 0 saturated heterocycles.